The fraction of sp³-hybridized carbons (Fsp3) is 0.632. The smallest absolute Gasteiger partial charge is 0.308 e. The van der Waals surface area contributed by atoms with Gasteiger partial charge < -0.3 is 14.6 Å². The standard InChI is InChI=1S/C19H28O4/c1-3-5-14-23-17-8-6-16(7-9-17)19(21)12-10-15(11-13-19)18(20)22-4-2/h6-9,15,21H,3-5,10-14H2,1-2H3. The van der Waals surface area contributed by atoms with Gasteiger partial charge in [-0.1, -0.05) is 25.5 Å². The summed E-state index contributed by atoms with van der Waals surface area (Å²) in [6.07, 6.45) is 4.67. The van der Waals surface area contributed by atoms with Crippen molar-refractivity contribution in [2.45, 2.75) is 58.0 Å². The molecule has 0 atom stereocenters. The lowest BCUT2D eigenvalue weighted by Gasteiger charge is -2.35. The predicted molar refractivity (Wildman–Crippen MR) is 89.3 cm³/mol. The molecule has 0 saturated heterocycles. The molecule has 23 heavy (non-hydrogen) atoms. The van der Waals surface area contributed by atoms with Crippen LogP contribution in [0.5, 0.6) is 5.75 Å². The summed E-state index contributed by atoms with van der Waals surface area (Å²) in [5, 5.41) is 10.9. The van der Waals surface area contributed by atoms with Crippen LogP contribution in [0.25, 0.3) is 0 Å². The molecule has 1 saturated carbocycles. The van der Waals surface area contributed by atoms with E-state index < -0.39 is 5.60 Å². The largest absolute Gasteiger partial charge is 0.494 e. The van der Waals surface area contributed by atoms with Crippen molar-refractivity contribution < 1.29 is 19.4 Å². The lowest BCUT2D eigenvalue weighted by atomic mass is 9.75. The zero-order valence-electron chi connectivity index (χ0n) is 14.2. The average molecular weight is 320 g/mol. The number of hydrogen-bond acceptors (Lipinski definition) is 4. The summed E-state index contributed by atoms with van der Waals surface area (Å²) in [4.78, 5) is 11.8. The summed E-state index contributed by atoms with van der Waals surface area (Å²) in [7, 11) is 0. The number of carbonyl (C=O) groups excluding carboxylic acids is 1. The van der Waals surface area contributed by atoms with Gasteiger partial charge in [0.15, 0.2) is 0 Å². The summed E-state index contributed by atoms with van der Waals surface area (Å²) in [6.45, 7) is 5.09. The van der Waals surface area contributed by atoms with E-state index in [4.69, 9.17) is 9.47 Å². The molecule has 0 heterocycles. The molecule has 1 aliphatic rings. The van der Waals surface area contributed by atoms with Crippen molar-refractivity contribution in [2.75, 3.05) is 13.2 Å². The molecule has 1 aromatic rings. The molecule has 128 valence electrons. The van der Waals surface area contributed by atoms with Crippen molar-refractivity contribution in [3.8, 4) is 5.75 Å². The lowest BCUT2D eigenvalue weighted by molar-refractivity contribution is -0.151. The number of unbranched alkanes of at least 4 members (excludes halogenated alkanes) is 1. The van der Waals surface area contributed by atoms with Crippen LogP contribution in [0.1, 0.15) is 57.9 Å². The first-order chi connectivity index (χ1) is 11.1. The van der Waals surface area contributed by atoms with Gasteiger partial charge in [0.05, 0.1) is 24.7 Å². The summed E-state index contributed by atoms with van der Waals surface area (Å²) < 4.78 is 10.7. The summed E-state index contributed by atoms with van der Waals surface area (Å²) in [5.74, 6) is 0.632. The van der Waals surface area contributed by atoms with Gasteiger partial charge in [0.25, 0.3) is 0 Å². The van der Waals surface area contributed by atoms with Crippen LogP contribution in [0, 0.1) is 5.92 Å². The van der Waals surface area contributed by atoms with Crippen molar-refractivity contribution >= 4 is 5.97 Å². The quantitative estimate of drug-likeness (QED) is 0.613. The number of esters is 1. The maximum atomic E-state index is 11.8. The second kappa shape index (κ2) is 8.34. The third-order valence-corrected chi connectivity index (χ3v) is 4.59. The van der Waals surface area contributed by atoms with Gasteiger partial charge in [-0.2, -0.15) is 0 Å². The van der Waals surface area contributed by atoms with Crippen molar-refractivity contribution in [1.29, 1.82) is 0 Å². The molecular formula is C19H28O4. The zero-order valence-corrected chi connectivity index (χ0v) is 14.2. The Balaban J connectivity index is 1.92. The summed E-state index contributed by atoms with van der Waals surface area (Å²) in [6, 6.07) is 7.71. The Labute approximate surface area is 138 Å². The van der Waals surface area contributed by atoms with Crippen molar-refractivity contribution in [3.05, 3.63) is 29.8 Å². The number of benzene rings is 1. The molecule has 0 radical (unpaired) electrons. The minimum absolute atomic E-state index is 0.0770. The van der Waals surface area contributed by atoms with Crippen LogP contribution in [0.3, 0.4) is 0 Å². The van der Waals surface area contributed by atoms with Crippen LogP contribution in [-0.2, 0) is 15.1 Å². The molecule has 4 heteroatoms. The molecule has 1 N–H and O–H groups in total. The molecule has 0 aliphatic heterocycles. The Hall–Kier alpha value is -1.55. The minimum atomic E-state index is -0.842. The van der Waals surface area contributed by atoms with Crippen LogP contribution < -0.4 is 4.74 Å². The van der Waals surface area contributed by atoms with Gasteiger partial charge in [0, 0.05) is 0 Å². The normalized spacial score (nSPS) is 24.2. The van der Waals surface area contributed by atoms with Crippen LogP contribution >= 0.6 is 0 Å². The van der Waals surface area contributed by atoms with Crippen LogP contribution in [0.2, 0.25) is 0 Å². The van der Waals surface area contributed by atoms with E-state index in [1.165, 1.54) is 0 Å². The first-order valence-electron chi connectivity index (χ1n) is 8.71. The van der Waals surface area contributed by atoms with E-state index in [2.05, 4.69) is 6.92 Å². The molecule has 0 bridgehead atoms. The number of ether oxygens (including phenoxy) is 2. The van der Waals surface area contributed by atoms with Crippen LogP contribution in [0.15, 0.2) is 24.3 Å². The van der Waals surface area contributed by atoms with Gasteiger partial charge in [0.1, 0.15) is 5.75 Å². The number of carbonyl (C=O) groups is 1. The average Bonchev–Trinajstić information content (AvgIpc) is 2.56. The first kappa shape index (κ1) is 17.8. The number of rotatable bonds is 7. The Morgan fingerprint density at radius 3 is 2.43 bits per heavy atom. The van der Waals surface area contributed by atoms with Gasteiger partial charge in [-0.3, -0.25) is 4.79 Å². The third kappa shape index (κ3) is 4.71. The highest BCUT2D eigenvalue weighted by Crippen LogP contribution is 2.40. The van der Waals surface area contributed by atoms with Crippen LogP contribution in [0.4, 0.5) is 0 Å². The number of aliphatic hydroxyl groups is 1. The Morgan fingerprint density at radius 1 is 1.22 bits per heavy atom. The van der Waals surface area contributed by atoms with Gasteiger partial charge in [-0.25, -0.2) is 0 Å². The molecule has 0 amide bonds. The number of hydrogen-bond donors (Lipinski definition) is 1. The Morgan fingerprint density at radius 2 is 1.87 bits per heavy atom. The molecule has 1 aliphatic carbocycles. The van der Waals surface area contributed by atoms with Crippen LogP contribution in [-0.4, -0.2) is 24.3 Å². The highest BCUT2D eigenvalue weighted by molar-refractivity contribution is 5.72. The Kier molecular flexibility index (Phi) is 6.46. The molecule has 1 fully saturated rings. The predicted octanol–water partition coefficient (Wildman–Crippen LogP) is 3.81. The van der Waals surface area contributed by atoms with Gasteiger partial charge in [0.2, 0.25) is 0 Å². The maximum absolute atomic E-state index is 11.8. The SMILES string of the molecule is CCCCOc1ccc(C2(O)CCC(C(=O)OCC)CC2)cc1. The van der Waals surface area contributed by atoms with E-state index in [-0.39, 0.29) is 11.9 Å². The molecule has 0 aromatic heterocycles. The maximum Gasteiger partial charge on any atom is 0.308 e. The highest BCUT2D eigenvalue weighted by atomic mass is 16.5. The third-order valence-electron chi connectivity index (χ3n) is 4.59. The molecule has 0 spiro atoms. The van der Waals surface area contributed by atoms with E-state index in [1.807, 2.05) is 31.2 Å². The van der Waals surface area contributed by atoms with E-state index in [0.717, 1.165) is 30.8 Å². The molecular weight excluding hydrogens is 292 g/mol. The Bertz CT molecular complexity index is 487. The van der Waals surface area contributed by atoms with Crippen molar-refractivity contribution in [3.63, 3.8) is 0 Å². The van der Waals surface area contributed by atoms with Crippen molar-refractivity contribution in [2.24, 2.45) is 5.92 Å². The fourth-order valence-corrected chi connectivity index (χ4v) is 3.08. The topological polar surface area (TPSA) is 55.8 Å². The first-order valence-corrected chi connectivity index (χ1v) is 8.71. The van der Waals surface area contributed by atoms with E-state index in [9.17, 15) is 9.90 Å². The molecule has 1 aromatic carbocycles. The van der Waals surface area contributed by atoms with E-state index >= 15 is 0 Å². The second-order valence-electron chi connectivity index (χ2n) is 6.28. The zero-order chi connectivity index (χ0) is 16.7. The lowest BCUT2D eigenvalue weighted by Crippen LogP contribution is -2.34. The highest BCUT2D eigenvalue weighted by Gasteiger charge is 2.37. The van der Waals surface area contributed by atoms with E-state index in [1.54, 1.807) is 0 Å². The summed E-state index contributed by atoms with van der Waals surface area (Å²) >= 11 is 0. The van der Waals surface area contributed by atoms with Gasteiger partial charge >= 0.3 is 5.97 Å². The van der Waals surface area contributed by atoms with Gasteiger partial charge in [-0.15, -0.1) is 0 Å². The minimum Gasteiger partial charge on any atom is -0.494 e. The van der Waals surface area contributed by atoms with Crippen molar-refractivity contribution in [1.82, 2.24) is 0 Å². The molecule has 4 nitrogen and oxygen atoms in total. The fourth-order valence-electron chi connectivity index (χ4n) is 3.08. The summed E-state index contributed by atoms with van der Waals surface area (Å²) in [5.41, 5.74) is 0.0629. The monoisotopic (exact) mass is 320 g/mol. The van der Waals surface area contributed by atoms with E-state index in [0.29, 0.717) is 32.3 Å². The second-order valence-corrected chi connectivity index (χ2v) is 6.28. The molecule has 0 unspecified atom stereocenters. The molecule has 2 rings (SSSR count). The van der Waals surface area contributed by atoms with Gasteiger partial charge in [-0.05, 0) is 56.7 Å².